The Morgan fingerprint density at radius 1 is 1.14 bits per heavy atom. The highest BCUT2D eigenvalue weighted by atomic mass is 35.5. The van der Waals surface area contributed by atoms with E-state index in [1.165, 1.54) is 5.56 Å². The molecule has 0 radical (unpaired) electrons. The Balaban J connectivity index is 1.34. The maximum Gasteiger partial charge on any atom is 0.255 e. The summed E-state index contributed by atoms with van der Waals surface area (Å²) in [6.07, 6.45) is 6.15. The van der Waals surface area contributed by atoms with Gasteiger partial charge in [0.15, 0.2) is 0 Å². The zero-order chi connectivity index (χ0) is 19.5. The highest BCUT2D eigenvalue weighted by Crippen LogP contribution is 2.29. The Hall–Kier alpha value is -2.30. The quantitative estimate of drug-likeness (QED) is 0.640. The summed E-state index contributed by atoms with van der Waals surface area (Å²) >= 11 is 6.06. The fraction of sp³-hybridized carbons (Fsp3) is 0.348. The molecule has 1 aliphatic rings. The van der Waals surface area contributed by atoms with E-state index in [0.29, 0.717) is 11.4 Å². The lowest BCUT2D eigenvalue weighted by Crippen LogP contribution is -2.36. The minimum absolute atomic E-state index is 0.0570. The fourth-order valence-corrected chi connectivity index (χ4v) is 4.14. The van der Waals surface area contributed by atoms with Crippen molar-refractivity contribution in [2.24, 2.45) is 0 Å². The Kier molecular flexibility index (Phi) is 5.69. The Morgan fingerprint density at radius 2 is 1.96 bits per heavy atom. The molecule has 1 heterocycles. The second-order valence-corrected chi connectivity index (χ2v) is 8.05. The number of H-pyrrole nitrogens is 1. The molecule has 0 saturated heterocycles. The van der Waals surface area contributed by atoms with E-state index < -0.39 is 0 Å². The third-order valence-electron chi connectivity index (χ3n) is 5.52. The van der Waals surface area contributed by atoms with Crippen LogP contribution in [-0.2, 0) is 6.54 Å². The number of ether oxygens (including phenoxy) is 1. The summed E-state index contributed by atoms with van der Waals surface area (Å²) in [7, 11) is 0. The molecule has 0 spiro atoms. The second-order valence-electron chi connectivity index (χ2n) is 7.61. The monoisotopic (exact) mass is 396 g/mol. The van der Waals surface area contributed by atoms with Crippen molar-refractivity contribution in [1.29, 1.82) is 0 Å². The molecule has 2 N–H and O–H groups in total. The number of rotatable bonds is 5. The third kappa shape index (κ3) is 4.40. The van der Waals surface area contributed by atoms with E-state index >= 15 is 0 Å². The maximum absolute atomic E-state index is 11.9. The number of aryl methyl sites for hydroxylation is 1. The van der Waals surface area contributed by atoms with Gasteiger partial charge in [0.2, 0.25) is 0 Å². The van der Waals surface area contributed by atoms with Crippen LogP contribution in [-0.4, -0.2) is 17.1 Å². The molecule has 1 aliphatic carbocycles. The van der Waals surface area contributed by atoms with Crippen molar-refractivity contribution in [3.8, 4) is 5.75 Å². The first-order chi connectivity index (χ1) is 13.6. The first-order valence-corrected chi connectivity index (χ1v) is 10.2. The Labute approximate surface area is 169 Å². The molecule has 4 nitrogen and oxygen atoms in total. The molecule has 146 valence electrons. The van der Waals surface area contributed by atoms with Crippen LogP contribution in [0, 0.1) is 6.92 Å². The number of hydrogen-bond donors (Lipinski definition) is 2. The summed E-state index contributed by atoms with van der Waals surface area (Å²) in [6.45, 7) is 2.84. The van der Waals surface area contributed by atoms with Crippen LogP contribution in [0.4, 0.5) is 0 Å². The predicted molar refractivity (Wildman–Crippen MR) is 114 cm³/mol. The molecule has 1 saturated carbocycles. The van der Waals surface area contributed by atoms with Gasteiger partial charge in [-0.2, -0.15) is 0 Å². The fourth-order valence-electron chi connectivity index (χ4n) is 3.92. The summed E-state index contributed by atoms with van der Waals surface area (Å²) in [5.74, 6) is 0.883. The average molecular weight is 397 g/mol. The van der Waals surface area contributed by atoms with Crippen LogP contribution in [0.2, 0.25) is 5.02 Å². The molecule has 0 unspecified atom stereocenters. The Morgan fingerprint density at radius 3 is 2.75 bits per heavy atom. The summed E-state index contributed by atoms with van der Waals surface area (Å²) < 4.78 is 6.30. The van der Waals surface area contributed by atoms with Gasteiger partial charge < -0.3 is 15.0 Å². The smallest absolute Gasteiger partial charge is 0.255 e. The maximum atomic E-state index is 11.9. The van der Waals surface area contributed by atoms with E-state index in [9.17, 15) is 4.79 Å². The molecule has 28 heavy (non-hydrogen) atoms. The summed E-state index contributed by atoms with van der Waals surface area (Å²) in [6, 6.07) is 14.3. The molecule has 0 atom stereocenters. The zero-order valence-corrected chi connectivity index (χ0v) is 16.8. The number of aromatic nitrogens is 1. The molecule has 4 rings (SSSR count). The molecular formula is C23H25ClN2O2. The van der Waals surface area contributed by atoms with Crippen molar-refractivity contribution >= 4 is 22.4 Å². The van der Waals surface area contributed by atoms with Crippen molar-refractivity contribution < 1.29 is 4.74 Å². The van der Waals surface area contributed by atoms with Gasteiger partial charge in [0.1, 0.15) is 5.75 Å². The van der Waals surface area contributed by atoms with Crippen LogP contribution in [0.5, 0.6) is 5.75 Å². The number of fused-ring (bicyclic) bond motifs is 1. The van der Waals surface area contributed by atoms with Crippen LogP contribution in [0.15, 0.2) is 53.5 Å². The first kappa shape index (κ1) is 19.0. The summed E-state index contributed by atoms with van der Waals surface area (Å²) in [5.41, 5.74) is 2.16. The topological polar surface area (TPSA) is 54.1 Å². The van der Waals surface area contributed by atoms with Gasteiger partial charge in [-0.05, 0) is 79.5 Å². The van der Waals surface area contributed by atoms with Crippen LogP contribution in [0.1, 0.15) is 36.8 Å². The molecule has 5 heteroatoms. The second kappa shape index (κ2) is 8.38. The van der Waals surface area contributed by atoms with E-state index in [1.807, 2.05) is 43.3 Å². The first-order valence-electron chi connectivity index (χ1n) is 9.85. The zero-order valence-electron chi connectivity index (χ0n) is 16.0. The SMILES string of the molecule is Cc1cc2c(=O)[nH]ccc2cc1OC1CCC(NCc2cccc(Cl)c2)CC1. The molecule has 0 amide bonds. The van der Waals surface area contributed by atoms with E-state index in [1.54, 1.807) is 6.20 Å². The van der Waals surface area contributed by atoms with Crippen LogP contribution >= 0.6 is 11.6 Å². The summed E-state index contributed by atoms with van der Waals surface area (Å²) in [4.78, 5) is 14.7. The van der Waals surface area contributed by atoms with Crippen molar-refractivity contribution in [3.63, 3.8) is 0 Å². The number of benzene rings is 2. The minimum atomic E-state index is -0.0570. The van der Waals surface area contributed by atoms with E-state index in [2.05, 4.69) is 16.4 Å². The van der Waals surface area contributed by atoms with E-state index in [-0.39, 0.29) is 11.7 Å². The van der Waals surface area contributed by atoms with Crippen molar-refractivity contribution in [2.75, 3.05) is 0 Å². The minimum Gasteiger partial charge on any atom is -0.490 e. The van der Waals surface area contributed by atoms with E-state index in [0.717, 1.165) is 53.9 Å². The molecule has 1 fully saturated rings. The third-order valence-corrected chi connectivity index (χ3v) is 5.76. The van der Waals surface area contributed by atoms with Crippen molar-refractivity contribution in [1.82, 2.24) is 10.3 Å². The molecule has 2 aromatic carbocycles. The van der Waals surface area contributed by atoms with Crippen LogP contribution in [0.25, 0.3) is 10.8 Å². The normalized spacial score (nSPS) is 19.6. The van der Waals surface area contributed by atoms with Gasteiger partial charge >= 0.3 is 0 Å². The van der Waals surface area contributed by atoms with Gasteiger partial charge in [0.25, 0.3) is 5.56 Å². The van der Waals surface area contributed by atoms with Gasteiger partial charge in [-0.3, -0.25) is 4.79 Å². The van der Waals surface area contributed by atoms with Gasteiger partial charge in [-0.15, -0.1) is 0 Å². The van der Waals surface area contributed by atoms with E-state index in [4.69, 9.17) is 16.3 Å². The largest absolute Gasteiger partial charge is 0.490 e. The molecule has 0 bridgehead atoms. The number of pyridine rings is 1. The van der Waals surface area contributed by atoms with Gasteiger partial charge in [0.05, 0.1) is 6.10 Å². The molecule has 1 aromatic heterocycles. The predicted octanol–water partition coefficient (Wildman–Crippen LogP) is 4.97. The summed E-state index contributed by atoms with van der Waals surface area (Å²) in [5, 5.41) is 6.05. The van der Waals surface area contributed by atoms with Crippen molar-refractivity contribution in [2.45, 2.75) is 51.3 Å². The standard InChI is InChI=1S/C23H25ClN2O2/c1-15-11-21-17(9-10-25-23(21)27)13-22(15)28-20-7-5-19(6-8-20)26-14-16-3-2-4-18(24)12-16/h2-4,9-13,19-20,26H,5-8,14H2,1H3,(H,25,27). The molecule has 3 aromatic rings. The number of nitrogens with one attached hydrogen (secondary N) is 2. The molecule has 0 aliphatic heterocycles. The number of halogens is 1. The highest BCUT2D eigenvalue weighted by Gasteiger charge is 2.22. The van der Waals surface area contributed by atoms with Crippen LogP contribution < -0.4 is 15.6 Å². The van der Waals surface area contributed by atoms with Gasteiger partial charge in [-0.25, -0.2) is 0 Å². The number of aromatic amines is 1. The van der Waals surface area contributed by atoms with Crippen molar-refractivity contribution in [3.05, 3.63) is 75.2 Å². The van der Waals surface area contributed by atoms with Gasteiger partial charge in [0, 0.05) is 29.2 Å². The van der Waals surface area contributed by atoms with Crippen LogP contribution in [0.3, 0.4) is 0 Å². The molecular weight excluding hydrogens is 372 g/mol. The lowest BCUT2D eigenvalue weighted by Gasteiger charge is -2.30. The van der Waals surface area contributed by atoms with Gasteiger partial charge in [-0.1, -0.05) is 23.7 Å². The Bertz CT molecular complexity index is 1020. The lowest BCUT2D eigenvalue weighted by molar-refractivity contribution is 0.138. The average Bonchev–Trinajstić information content (AvgIpc) is 2.69. The number of hydrogen-bond acceptors (Lipinski definition) is 3. The highest BCUT2D eigenvalue weighted by molar-refractivity contribution is 6.30. The lowest BCUT2D eigenvalue weighted by atomic mass is 9.92.